The van der Waals surface area contributed by atoms with Crippen LogP contribution in [0, 0.1) is 19.8 Å². The molecule has 4 heteroatoms. The Balaban J connectivity index is 1.47. The summed E-state index contributed by atoms with van der Waals surface area (Å²) in [5.41, 5.74) is 4.62. The minimum atomic E-state index is -0.304. The monoisotopic (exact) mass is 322 g/mol. The normalized spacial score (nSPS) is 24.0. The third kappa shape index (κ3) is 2.29. The van der Waals surface area contributed by atoms with Gasteiger partial charge >= 0.3 is 0 Å². The van der Waals surface area contributed by atoms with Crippen LogP contribution in [-0.2, 0) is 11.8 Å². The fourth-order valence-corrected chi connectivity index (χ4v) is 4.44. The fourth-order valence-electron chi connectivity index (χ4n) is 4.44. The van der Waals surface area contributed by atoms with E-state index in [-0.39, 0.29) is 22.4 Å². The second kappa shape index (κ2) is 5.33. The Bertz CT molecular complexity index is 883. The molecule has 4 rings (SSSR count). The average molecular weight is 322 g/mol. The molecule has 2 aliphatic carbocycles. The van der Waals surface area contributed by atoms with Crippen molar-refractivity contribution in [1.82, 2.24) is 10.3 Å². The summed E-state index contributed by atoms with van der Waals surface area (Å²) in [6.07, 6.45) is 3.45. The molecule has 0 radical (unpaired) electrons. The third-order valence-corrected chi connectivity index (χ3v) is 5.73. The molecule has 1 aromatic carbocycles. The number of pyridine rings is 1. The number of hydrogen-bond donors (Lipinski definition) is 2. The van der Waals surface area contributed by atoms with Gasteiger partial charge in [0.2, 0.25) is 0 Å². The Hall–Kier alpha value is -2.36. The highest BCUT2D eigenvalue weighted by atomic mass is 16.2. The zero-order valence-corrected chi connectivity index (χ0v) is 14.1. The zero-order chi connectivity index (χ0) is 16.9. The van der Waals surface area contributed by atoms with Crippen LogP contribution in [0.15, 0.2) is 35.1 Å². The number of aryl methyl sites for hydroxylation is 3. The zero-order valence-electron chi connectivity index (χ0n) is 14.1. The number of nitrogens with one attached hydrogen (secondary N) is 2. The first kappa shape index (κ1) is 15.2. The Morgan fingerprint density at radius 1 is 1.33 bits per heavy atom. The standard InChI is InChI=1S/C20H22N2O2/c1-12-9-13(2)22-19(24)17(12)18(23)21-11-15-10-20(15)8-7-14-5-3-4-6-16(14)20/h3-6,9,15H,7-8,10-11H2,1-2H3,(H,21,23)(H,22,24)/t15-,20-/m0/s1. The summed E-state index contributed by atoms with van der Waals surface area (Å²) in [5.74, 6) is 0.219. The van der Waals surface area contributed by atoms with Gasteiger partial charge in [0.1, 0.15) is 5.56 Å². The summed E-state index contributed by atoms with van der Waals surface area (Å²) in [7, 11) is 0. The van der Waals surface area contributed by atoms with E-state index >= 15 is 0 Å². The minimum absolute atomic E-state index is 0.238. The number of fused-ring (bicyclic) bond motifs is 2. The lowest BCUT2D eigenvalue weighted by Gasteiger charge is -2.12. The lowest BCUT2D eigenvalue weighted by Crippen LogP contribution is -2.33. The maximum Gasteiger partial charge on any atom is 0.261 e. The van der Waals surface area contributed by atoms with Crippen LogP contribution in [0.2, 0.25) is 0 Å². The molecule has 4 nitrogen and oxygen atoms in total. The first-order chi connectivity index (χ1) is 11.5. The van der Waals surface area contributed by atoms with Crippen LogP contribution in [0.4, 0.5) is 0 Å². The molecule has 1 amide bonds. The highest BCUT2D eigenvalue weighted by Crippen LogP contribution is 2.61. The predicted molar refractivity (Wildman–Crippen MR) is 93.4 cm³/mol. The molecule has 2 atom stereocenters. The van der Waals surface area contributed by atoms with Crippen LogP contribution in [0.3, 0.4) is 0 Å². The third-order valence-electron chi connectivity index (χ3n) is 5.73. The quantitative estimate of drug-likeness (QED) is 0.912. The number of aromatic nitrogens is 1. The Morgan fingerprint density at radius 3 is 2.92 bits per heavy atom. The summed E-state index contributed by atoms with van der Waals surface area (Å²) in [5, 5.41) is 2.99. The van der Waals surface area contributed by atoms with Crippen LogP contribution in [0.1, 0.15) is 45.6 Å². The lowest BCUT2D eigenvalue weighted by atomic mass is 9.95. The van der Waals surface area contributed by atoms with Crippen molar-refractivity contribution in [2.24, 2.45) is 5.92 Å². The Morgan fingerprint density at radius 2 is 2.12 bits per heavy atom. The second-order valence-electron chi connectivity index (χ2n) is 7.26. The number of rotatable bonds is 3. The largest absolute Gasteiger partial charge is 0.352 e. The second-order valence-corrected chi connectivity index (χ2v) is 7.26. The molecule has 124 valence electrons. The van der Waals surface area contributed by atoms with E-state index in [1.807, 2.05) is 19.9 Å². The van der Waals surface area contributed by atoms with Crippen molar-refractivity contribution in [2.45, 2.75) is 38.5 Å². The topological polar surface area (TPSA) is 62.0 Å². The van der Waals surface area contributed by atoms with Crippen LogP contribution >= 0.6 is 0 Å². The highest BCUT2D eigenvalue weighted by Gasteiger charge is 2.57. The van der Waals surface area contributed by atoms with E-state index < -0.39 is 0 Å². The number of hydrogen-bond acceptors (Lipinski definition) is 2. The molecule has 0 unspecified atom stereocenters. The van der Waals surface area contributed by atoms with Gasteiger partial charge in [0.15, 0.2) is 0 Å². The summed E-state index contributed by atoms with van der Waals surface area (Å²) in [4.78, 5) is 27.2. The van der Waals surface area contributed by atoms with Gasteiger partial charge in [-0.2, -0.15) is 0 Å². The number of amides is 1. The van der Waals surface area contributed by atoms with E-state index in [1.54, 1.807) is 0 Å². The highest BCUT2D eigenvalue weighted by molar-refractivity contribution is 5.95. The van der Waals surface area contributed by atoms with Crippen molar-refractivity contribution in [1.29, 1.82) is 0 Å². The van der Waals surface area contributed by atoms with E-state index in [9.17, 15) is 9.59 Å². The van der Waals surface area contributed by atoms with Gasteiger partial charge < -0.3 is 10.3 Å². The molecule has 0 bridgehead atoms. The maximum absolute atomic E-state index is 12.4. The average Bonchev–Trinajstić information content (AvgIpc) is 3.11. The summed E-state index contributed by atoms with van der Waals surface area (Å²) < 4.78 is 0. The van der Waals surface area contributed by atoms with Gasteiger partial charge in [-0.1, -0.05) is 24.3 Å². The molecule has 0 aliphatic heterocycles. The number of benzene rings is 1. The summed E-state index contributed by atoms with van der Waals surface area (Å²) in [6, 6.07) is 10.5. The molecule has 2 aliphatic rings. The summed E-state index contributed by atoms with van der Waals surface area (Å²) >= 11 is 0. The van der Waals surface area contributed by atoms with Gasteiger partial charge in [0.05, 0.1) is 0 Å². The number of aromatic amines is 1. The molecule has 1 heterocycles. The molecular formula is C20H22N2O2. The van der Waals surface area contributed by atoms with Crippen molar-refractivity contribution < 1.29 is 4.79 Å². The SMILES string of the molecule is Cc1cc(C)c(C(=O)NC[C@@H]2C[C@@]23CCc2ccccc23)c(=O)[nH]1. The molecule has 1 fully saturated rings. The fraction of sp³-hybridized carbons (Fsp3) is 0.400. The van der Waals surface area contributed by atoms with E-state index in [0.717, 1.165) is 24.1 Å². The van der Waals surface area contributed by atoms with E-state index in [0.29, 0.717) is 12.5 Å². The predicted octanol–water partition coefficient (Wildman–Crippen LogP) is 2.63. The molecule has 1 spiro atoms. The van der Waals surface area contributed by atoms with Gasteiger partial charge in [-0.05, 0) is 61.8 Å². The van der Waals surface area contributed by atoms with Gasteiger partial charge in [0.25, 0.3) is 11.5 Å². The Labute approximate surface area is 141 Å². The molecule has 2 N–H and O–H groups in total. The van der Waals surface area contributed by atoms with Gasteiger partial charge in [-0.15, -0.1) is 0 Å². The van der Waals surface area contributed by atoms with Crippen molar-refractivity contribution >= 4 is 5.91 Å². The van der Waals surface area contributed by atoms with Crippen LogP contribution in [-0.4, -0.2) is 17.4 Å². The van der Waals surface area contributed by atoms with E-state index in [1.165, 1.54) is 17.5 Å². The maximum atomic E-state index is 12.4. The van der Waals surface area contributed by atoms with Gasteiger partial charge in [-0.3, -0.25) is 9.59 Å². The molecule has 24 heavy (non-hydrogen) atoms. The van der Waals surface area contributed by atoms with Crippen LogP contribution in [0.5, 0.6) is 0 Å². The lowest BCUT2D eigenvalue weighted by molar-refractivity contribution is 0.0948. The van der Waals surface area contributed by atoms with E-state index in [2.05, 4.69) is 34.6 Å². The molecule has 0 saturated heterocycles. The number of H-pyrrole nitrogens is 1. The first-order valence-electron chi connectivity index (χ1n) is 8.58. The Kier molecular flexibility index (Phi) is 3.37. The molecular weight excluding hydrogens is 300 g/mol. The minimum Gasteiger partial charge on any atom is -0.352 e. The van der Waals surface area contributed by atoms with Gasteiger partial charge in [-0.25, -0.2) is 0 Å². The van der Waals surface area contributed by atoms with Crippen LogP contribution in [0.25, 0.3) is 0 Å². The van der Waals surface area contributed by atoms with Crippen LogP contribution < -0.4 is 10.9 Å². The number of carbonyl (C=O) groups is 1. The summed E-state index contributed by atoms with van der Waals surface area (Å²) in [6.45, 7) is 4.27. The molecule has 1 aromatic heterocycles. The molecule has 1 saturated carbocycles. The van der Waals surface area contributed by atoms with Crippen molar-refractivity contribution in [3.8, 4) is 0 Å². The van der Waals surface area contributed by atoms with Crippen molar-refractivity contribution in [2.75, 3.05) is 6.54 Å². The van der Waals surface area contributed by atoms with Crippen molar-refractivity contribution in [3.05, 3.63) is 68.6 Å². The number of carbonyl (C=O) groups excluding carboxylic acids is 1. The molecule has 2 aromatic rings. The first-order valence-corrected chi connectivity index (χ1v) is 8.58. The van der Waals surface area contributed by atoms with Crippen molar-refractivity contribution in [3.63, 3.8) is 0 Å². The van der Waals surface area contributed by atoms with E-state index in [4.69, 9.17) is 0 Å². The van der Waals surface area contributed by atoms with Gasteiger partial charge in [0, 0.05) is 17.7 Å². The smallest absolute Gasteiger partial charge is 0.261 e.